The van der Waals surface area contributed by atoms with Crippen molar-refractivity contribution in [1.29, 1.82) is 0 Å². The number of carbonyl (C=O) groups is 2. The second kappa shape index (κ2) is 6.84. The summed E-state index contributed by atoms with van der Waals surface area (Å²) in [5.74, 6) is 0.388. The van der Waals surface area contributed by atoms with Crippen molar-refractivity contribution < 1.29 is 19.1 Å². The predicted molar refractivity (Wildman–Crippen MR) is 105 cm³/mol. The Balaban J connectivity index is 1.69. The van der Waals surface area contributed by atoms with E-state index in [9.17, 15) is 9.59 Å². The summed E-state index contributed by atoms with van der Waals surface area (Å²) in [6.45, 7) is 0. The Morgan fingerprint density at radius 1 is 1.14 bits per heavy atom. The highest BCUT2D eigenvalue weighted by atomic mass is 16.5. The van der Waals surface area contributed by atoms with Gasteiger partial charge in [0, 0.05) is 30.5 Å². The summed E-state index contributed by atoms with van der Waals surface area (Å²) in [6, 6.07) is 10.2. The number of amides is 2. The van der Waals surface area contributed by atoms with Crippen LogP contribution in [0, 0.1) is 0 Å². The van der Waals surface area contributed by atoms with Crippen LogP contribution in [0.1, 0.15) is 32.7 Å². The van der Waals surface area contributed by atoms with Crippen molar-refractivity contribution in [2.24, 2.45) is 10.7 Å². The number of carbonyl (C=O) groups excluding carboxylic acids is 2. The van der Waals surface area contributed by atoms with Crippen LogP contribution in [0.4, 0.5) is 5.69 Å². The fourth-order valence-corrected chi connectivity index (χ4v) is 3.47. The first kappa shape index (κ1) is 17.8. The fraction of sp³-hybridized carbons (Fsp3) is 0.190. The van der Waals surface area contributed by atoms with Crippen LogP contribution < -0.4 is 15.2 Å². The van der Waals surface area contributed by atoms with E-state index in [1.165, 1.54) is 7.11 Å². The summed E-state index contributed by atoms with van der Waals surface area (Å²) in [4.78, 5) is 30.6. The van der Waals surface area contributed by atoms with Gasteiger partial charge >= 0.3 is 0 Å². The molecular weight excluding hydrogens is 358 g/mol. The molecule has 28 heavy (non-hydrogen) atoms. The lowest BCUT2D eigenvalue weighted by molar-refractivity contribution is 0.0817. The zero-order valence-electron chi connectivity index (χ0n) is 15.5. The minimum atomic E-state index is -0.468. The molecule has 7 nitrogen and oxygen atoms in total. The average molecular weight is 377 g/mol. The number of primary amides is 1. The van der Waals surface area contributed by atoms with Crippen molar-refractivity contribution in [3.63, 3.8) is 0 Å². The van der Waals surface area contributed by atoms with Crippen LogP contribution in [-0.4, -0.2) is 43.2 Å². The van der Waals surface area contributed by atoms with Gasteiger partial charge in [-0.1, -0.05) is 12.1 Å². The van der Waals surface area contributed by atoms with Crippen LogP contribution in [0.15, 0.2) is 47.6 Å². The van der Waals surface area contributed by atoms with Crippen LogP contribution in [0.2, 0.25) is 0 Å². The lowest BCUT2D eigenvalue weighted by Gasteiger charge is -2.18. The van der Waals surface area contributed by atoms with Crippen LogP contribution in [-0.2, 0) is 0 Å². The molecule has 1 atom stereocenters. The Morgan fingerprint density at radius 2 is 1.82 bits per heavy atom. The molecule has 0 saturated heterocycles. The van der Waals surface area contributed by atoms with Crippen molar-refractivity contribution in [1.82, 2.24) is 4.90 Å². The molecule has 0 aromatic heterocycles. The number of nitrogens with two attached hydrogens (primary N) is 1. The van der Waals surface area contributed by atoms with Crippen molar-refractivity contribution in [2.75, 3.05) is 14.2 Å². The zero-order chi connectivity index (χ0) is 19.8. The van der Waals surface area contributed by atoms with Crippen molar-refractivity contribution >= 4 is 29.3 Å². The van der Waals surface area contributed by atoms with Gasteiger partial charge in [-0.05, 0) is 29.3 Å². The van der Waals surface area contributed by atoms with E-state index in [1.54, 1.807) is 42.5 Å². The third-order valence-electron chi connectivity index (χ3n) is 4.97. The summed E-state index contributed by atoms with van der Waals surface area (Å²) < 4.78 is 10.6. The minimum Gasteiger partial charge on any atom is -0.493 e. The van der Waals surface area contributed by atoms with Gasteiger partial charge in [-0.25, -0.2) is 0 Å². The van der Waals surface area contributed by atoms with E-state index in [0.29, 0.717) is 34.7 Å². The number of fused-ring (bicyclic) bond motifs is 2. The number of rotatable bonds is 4. The summed E-state index contributed by atoms with van der Waals surface area (Å²) in [5, 5.41) is 0. The first-order chi connectivity index (χ1) is 13.5. The Hall–Kier alpha value is -3.61. The van der Waals surface area contributed by atoms with E-state index in [1.807, 2.05) is 18.3 Å². The number of nitrogens with zero attached hydrogens (tertiary/aromatic N) is 2. The fourth-order valence-electron chi connectivity index (χ4n) is 3.47. The Bertz CT molecular complexity index is 1020. The summed E-state index contributed by atoms with van der Waals surface area (Å²) in [6.07, 6.45) is 4.24. The second-order valence-corrected chi connectivity index (χ2v) is 6.58. The topological polar surface area (TPSA) is 94.2 Å². The number of ether oxygens (including phenoxy) is 2. The molecule has 0 saturated carbocycles. The molecule has 0 radical (unpaired) electrons. The molecule has 0 bridgehead atoms. The average Bonchev–Trinajstić information content (AvgIpc) is 3.10. The molecule has 7 heteroatoms. The van der Waals surface area contributed by atoms with E-state index >= 15 is 0 Å². The molecule has 2 aliphatic rings. The van der Waals surface area contributed by atoms with Crippen molar-refractivity contribution in [2.45, 2.75) is 12.5 Å². The van der Waals surface area contributed by atoms with E-state index in [2.05, 4.69) is 4.99 Å². The number of aliphatic imine (C=N–C) groups is 1. The molecule has 2 aromatic carbocycles. The second-order valence-electron chi connectivity index (χ2n) is 6.58. The zero-order valence-corrected chi connectivity index (χ0v) is 15.5. The first-order valence-electron chi connectivity index (χ1n) is 8.75. The standard InChI is InChI=1S/C21H19N3O4/c1-27-18-8-16-17(9-19(18)28-2)23-10-15-7-14(11-24(15)21(16)26)12-3-5-13(6-4-12)20(22)25/h3-6,8-11,15H,7H2,1-2H3,(H2,22,25)/t15-/m0/s1. The van der Waals surface area contributed by atoms with Gasteiger partial charge in [0.1, 0.15) is 0 Å². The smallest absolute Gasteiger partial charge is 0.260 e. The van der Waals surface area contributed by atoms with Crippen LogP contribution in [0.3, 0.4) is 0 Å². The molecule has 2 aromatic rings. The highest BCUT2D eigenvalue weighted by Crippen LogP contribution is 2.39. The van der Waals surface area contributed by atoms with E-state index in [0.717, 1.165) is 11.1 Å². The number of methoxy groups -OCH3 is 2. The first-order valence-corrected chi connectivity index (χ1v) is 8.75. The van der Waals surface area contributed by atoms with Crippen LogP contribution in [0.5, 0.6) is 11.5 Å². The molecule has 2 aliphatic heterocycles. The number of benzene rings is 2. The van der Waals surface area contributed by atoms with Gasteiger partial charge in [-0.2, -0.15) is 0 Å². The van der Waals surface area contributed by atoms with Crippen molar-refractivity contribution in [3.05, 3.63) is 59.3 Å². The van der Waals surface area contributed by atoms with E-state index in [-0.39, 0.29) is 11.9 Å². The predicted octanol–water partition coefficient (Wildman–Crippen LogP) is 2.77. The van der Waals surface area contributed by atoms with Gasteiger partial charge in [0.05, 0.1) is 31.5 Å². The maximum atomic E-state index is 13.2. The Morgan fingerprint density at radius 3 is 2.46 bits per heavy atom. The molecule has 2 N–H and O–H groups in total. The van der Waals surface area contributed by atoms with Gasteiger partial charge < -0.3 is 20.1 Å². The van der Waals surface area contributed by atoms with Crippen LogP contribution >= 0.6 is 0 Å². The molecule has 0 fully saturated rings. The van der Waals surface area contributed by atoms with Gasteiger partial charge in [0.2, 0.25) is 5.91 Å². The third-order valence-corrected chi connectivity index (χ3v) is 4.97. The molecular formula is C21H19N3O4. The van der Waals surface area contributed by atoms with Gasteiger partial charge in [0.25, 0.3) is 5.91 Å². The third kappa shape index (κ3) is 2.90. The Kier molecular flexibility index (Phi) is 4.35. The summed E-state index contributed by atoms with van der Waals surface area (Å²) >= 11 is 0. The molecule has 0 spiro atoms. The molecule has 142 valence electrons. The normalized spacial score (nSPS) is 17.5. The maximum absolute atomic E-state index is 13.2. The molecule has 4 rings (SSSR count). The number of hydrogen-bond donors (Lipinski definition) is 1. The highest BCUT2D eigenvalue weighted by Gasteiger charge is 2.33. The van der Waals surface area contributed by atoms with Crippen molar-refractivity contribution in [3.8, 4) is 11.5 Å². The highest BCUT2D eigenvalue weighted by molar-refractivity contribution is 6.05. The lowest BCUT2D eigenvalue weighted by Crippen LogP contribution is -2.32. The molecule has 0 aliphatic carbocycles. The largest absolute Gasteiger partial charge is 0.493 e. The quantitative estimate of drug-likeness (QED) is 0.886. The number of hydrogen-bond acceptors (Lipinski definition) is 5. The SMILES string of the molecule is COc1cc2c(cc1OC)C(=O)N1C=C(c3ccc(C(N)=O)cc3)C[C@H]1C=N2. The minimum absolute atomic E-state index is 0.151. The molecule has 2 heterocycles. The Labute approximate surface area is 162 Å². The maximum Gasteiger partial charge on any atom is 0.260 e. The monoisotopic (exact) mass is 377 g/mol. The summed E-state index contributed by atoms with van der Waals surface area (Å²) in [5.41, 5.74) is 8.68. The lowest BCUT2D eigenvalue weighted by atomic mass is 10.0. The summed E-state index contributed by atoms with van der Waals surface area (Å²) in [7, 11) is 3.07. The molecule has 0 unspecified atom stereocenters. The van der Waals surface area contributed by atoms with E-state index in [4.69, 9.17) is 15.2 Å². The van der Waals surface area contributed by atoms with Gasteiger partial charge in [-0.15, -0.1) is 0 Å². The molecule has 2 amide bonds. The van der Waals surface area contributed by atoms with Gasteiger partial charge in [-0.3, -0.25) is 14.6 Å². The van der Waals surface area contributed by atoms with E-state index < -0.39 is 5.91 Å². The van der Waals surface area contributed by atoms with Crippen LogP contribution in [0.25, 0.3) is 5.57 Å². The van der Waals surface area contributed by atoms with Gasteiger partial charge in [0.15, 0.2) is 11.5 Å².